The van der Waals surface area contributed by atoms with Gasteiger partial charge < -0.3 is 14.6 Å². The molecule has 16 heavy (non-hydrogen) atoms. The number of ether oxygens (including phenoxy) is 2. The summed E-state index contributed by atoms with van der Waals surface area (Å²) < 4.78 is 10.8. The molecule has 1 unspecified atom stereocenters. The molecular formula is C12H13ClO3. The van der Waals surface area contributed by atoms with Crippen molar-refractivity contribution < 1.29 is 14.6 Å². The summed E-state index contributed by atoms with van der Waals surface area (Å²) in [7, 11) is 0. The third kappa shape index (κ3) is 2.15. The highest BCUT2D eigenvalue weighted by molar-refractivity contribution is 6.32. The molecule has 1 aromatic carbocycles. The zero-order valence-electron chi connectivity index (χ0n) is 8.78. The van der Waals surface area contributed by atoms with Crippen molar-refractivity contribution in [3.05, 3.63) is 35.4 Å². The van der Waals surface area contributed by atoms with Gasteiger partial charge in [0, 0.05) is 0 Å². The lowest BCUT2D eigenvalue weighted by molar-refractivity contribution is 0.165. The van der Waals surface area contributed by atoms with Crippen LogP contribution in [-0.4, -0.2) is 18.3 Å². The van der Waals surface area contributed by atoms with Gasteiger partial charge in [0.15, 0.2) is 11.5 Å². The zero-order chi connectivity index (χ0) is 11.5. The van der Waals surface area contributed by atoms with Gasteiger partial charge in [0.25, 0.3) is 0 Å². The lowest BCUT2D eigenvalue weighted by Gasteiger charge is -2.21. The maximum Gasteiger partial charge on any atom is 0.179 e. The van der Waals surface area contributed by atoms with Crippen molar-refractivity contribution in [3.8, 4) is 11.5 Å². The number of rotatable bonds is 3. The largest absolute Gasteiger partial charge is 0.486 e. The minimum Gasteiger partial charge on any atom is -0.486 e. The summed E-state index contributed by atoms with van der Waals surface area (Å²) in [5.74, 6) is 1.15. The van der Waals surface area contributed by atoms with Crippen LogP contribution in [0.25, 0.3) is 0 Å². The molecule has 0 spiro atoms. The van der Waals surface area contributed by atoms with Crippen molar-refractivity contribution in [1.82, 2.24) is 0 Å². The molecule has 1 atom stereocenters. The van der Waals surface area contributed by atoms with E-state index in [1.54, 1.807) is 18.2 Å². The average Bonchev–Trinajstić information content (AvgIpc) is 2.29. The fraction of sp³-hybridized carbons (Fsp3) is 0.333. The summed E-state index contributed by atoms with van der Waals surface area (Å²) in [6.07, 6.45) is 1.54. The molecule has 0 bridgehead atoms. The smallest absolute Gasteiger partial charge is 0.179 e. The lowest BCUT2D eigenvalue weighted by Crippen LogP contribution is -2.16. The fourth-order valence-corrected chi connectivity index (χ4v) is 1.89. The Labute approximate surface area is 99.3 Å². The Bertz CT molecular complexity index is 403. The number of halogens is 1. The van der Waals surface area contributed by atoms with Crippen LogP contribution in [0.5, 0.6) is 11.5 Å². The summed E-state index contributed by atoms with van der Waals surface area (Å²) in [6, 6.07) is 3.46. The van der Waals surface area contributed by atoms with E-state index >= 15 is 0 Å². The summed E-state index contributed by atoms with van der Waals surface area (Å²) in [5, 5.41) is 10.3. The number of aliphatic hydroxyl groups excluding tert-OH is 1. The van der Waals surface area contributed by atoms with E-state index in [1.807, 2.05) is 0 Å². The Morgan fingerprint density at radius 1 is 1.44 bits per heavy atom. The minimum absolute atomic E-state index is 0.468. The van der Waals surface area contributed by atoms with Crippen LogP contribution in [0.15, 0.2) is 24.8 Å². The highest BCUT2D eigenvalue weighted by Crippen LogP contribution is 2.40. The van der Waals surface area contributed by atoms with E-state index in [9.17, 15) is 5.11 Å². The van der Waals surface area contributed by atoms with Gasteiger partial charge in [-0.2, -0.15) is 0 Å². The maximum atomic E-state index is 9.82. The van der Waals surface area contributed by atoms with Crippen LogP contribution in [-0.2, 0) is 0 Å². The van der Waals surface area contributed by atoms with E-state index < -0.39 is 6.10 Å². The van der Waals surface area contributed by atoms with Crippen molar-refractivity contribution in [2.24, 2.45) is 0 Å². The molecule has 86 valence electrons. The molecule has 1 aromatic rings. The third-order valence-electron chi connectivity index (χ3n) is 2.39. The summed E-state index contributed by atoms with van der Waals surface area (Å²) in [6.45, 7) is 4.59. The molecule has 3 nitrogen and oxygen atoms in total. The van der Waals surface area contributed by atoms with Crippen LogP contribution in [0.4, 0.5) is 0 Å². The minimum atomic E-state index is -0.606. The van der Waals surface area contributed by atoms with E-state index in [-0.39, 0.29) is 0 Å². The molecule has 0 saturated heterocycles. The summed E-state index contributed by atoms with van der Waals surface area (Å²) >= 11 is 6.05. The van der Waals surface area contributed by atoms with E-state index in [4.69, 9.17) is 21.1 Å². The fourth-order valence-electron chi connectivity index (χ4n) is 1.62. The molecular weight excluding hydrogens is 228 g/mol. The second-order valence-electron chi connectivity index (χ2n) is 3.57. The van der Waals surface area contributed by atoms with Crippen LogP contribution < -0.4 is 9.47 Å². The number of aliphatic hydroxyl groups is 1. The Morgan fingerprint density at radius 2 is 2.19 bits per heavy atom. The predicted octanol–water partition coefficient (Wildman–Crippen LogP) is 2.72. The second kappa shape index (κ2) is 4.76. The normalized spacial score (nSPS) is 15.6. The summed E-state index contributed by atoms with van der Waals surface area (Å²) in [5.41, 5.74) is 0.717. The van der Waals surface area contributed by atoms with Gasteiger partial charge in [-0.15, -0.1) is 6.58 Å². The van der Waals surface area contributed by atoms with Crippen LogP contribution in [0.3, 0.4) is 0 Å². The zero-order valence-corrected chi connectivity index (χ0v) is 9.54. The molecule has 1 aliphatic heterocycles. The quantitative estimate of drug-likeness (QED) is 0.826. The van der Waals surface area contributed by atoms with Crippen molar-refractivity contribution >= 4 is 11.6 Å². The molecule has 0 fully saturated rings. The topological polar surface area (TPSA) is 38.7 Å². The Kier molecular flexibility index (Phi) is 3.36. The van der Waals surface area contributed by atoms with E-state index in [0.29, 0.717) is 41.7 Å². The molecule has 0 aliphatic carbocycles. The van der Waals surface area contributed by atoms with E-state index in [0.717, 1.165) is 0 Å². The first-order valence-electron chi connectivity index (χ1n) is 5.10. The molecule has 0 aromatic heterocycles. The van der Waals surface area contributed by atoms with Gasteiger partial charge in [-0.05, 0) is 24.1 Å². The standard InChI is InChI=1S/C12H13ClO3/c1-2-3-10(14)8-6-9(13)12-11(7-8)15-4-5-16-12/h2,6-7,10,14H,1,3-5H2. The van der Waals surface area contributed by atoms with E-state index in [1.165, 1.54) is 0 Å². The van der Waals surface area contributed by atoms with Crippen molar-refractivity contribution in [2.45, 2.75) is 12.5 Å². The van der Waals surface area contributed by atoms with Crippen molar-refractivity contribution in [3.63, 3.8) is 0 Å². The molecule has 0 amide bonds. The monoisotopic (exact) mass is 240 g/mol. The maximum absolute atomic E-state index is 9.82. The van der Waals surface area contributed by atoms with E-state index in [2.05, 4.69) is 6.58 Å². The van der Waals surface area contributed by atoms with Gasteiger partial charge in [0.1, 0.15) is 13.2 Å². The number of fused-ring (bicyclic) bond motifs is 1. The van der Waals surface area contributed by atoms with Crippen molar-refractivity contribution in [1.29, 1.82) is 0 Å². The Balaban J connectivity index is 2.34. The molecule has 0 saturated carbocycles. The first kappa shape index (κ1) is 11.3. The van der Waals surface area contributed by atoms with Gasteiger partial charge >= 0.3 is 0 Å². The molecule has 1 N–H and O–H groups in total. The average molecular weight is 241 g/mol. The highest BCUT2D eigenvalue weighted by atomic mass is 35.5. The van der Waals surface area contributed by atoms with Gasteiger partial charge in [0.05, 0.1) is 11.1 Å². The number of hydrogen-bond donors (Lipinski definition) is 1. The first-order chi connectivity index (χ1) is 7.72. The Hall–Kier alpha value is -1.19. The number of hydrogen-bond acceptors (Lipinski definition) is 3. The third-order valence-corrected chi connectivity index (χ3v) is 2.67. The lowest BCUT2D eigenvalue weighted by atomic mass is 10.1. The summed E-state index contributed by atoms with van der Waals surface area (Å²) in [4.78, 5) is 0. The van der Waals surface area contributed by atoms with Gasteiger partial charge in [-0.1, -0.05) is 17.7 Å². The predicted molar refractivity (Wildman–Crippen MR) is 62.2 cm³/mol. The van der Waals surface area contributed by atoms with Gasteiger partial charge in [0.2, 0.25) is 0 Å². The van der Waals surface area contributed by atoms with Crippen LogP contribution in [0, 0.1) is 0 Å². The highest BCUT2D eigenvalue weighted by Gasteiger charge is 2.18. The van der Waals surface area contributed by atoms with Gasteiger partial charge in [-0.3, -0.25) is 0 Å². The molecule has 0 radical (unpaired) electrons. The van der Waals surface area contributed by atoms with Crippen molar-refractivity contribution in [2.75, 3.05) is 13.2 Å². The second-order valence-corrected chi connectivity index (χ2v) is 3.97. The molecule has 4 heteroatoms. The number of benzene rings is 1. The van der Waals surface area contributed by atoms with Crippen LogP contribution >= 0.6 is 11.6 Å². The van der Waals surface area contributed by atoms with Crippen LogP contribution in [0.1, 0.15) is 18.1 Å². The first-order valence-corrected chi connectivity index (χ1v) is 5.48. The molecule has 2 rings (SSSR count). The SMILES string of the molecule is C=CCC(O)c1cc(Cl)c2c(c1)OCCO2. The molecule has 1 aliphatic rings. The van der Waals surface area contributed by atoms with Gasteiger partial charge in [-0.25, -0.2) is 0 Å². The Morgan fingerprint density at radius 3 is 2.94 bits per heavy atom. The molecule has 1 heterocycles. The van der Waals surface area contributed by atoms with Crippen LogP contribution in [0.2, 0.25) is 5.02 Å².